The molecular formula is C16H24FNO. The van der Waals surface area contributed by atoms with Gasteiger partial charge in [-0.1, -0.05) is 26.0 Å². The molecule has 0 amide bonds. The van der Waals surface area contributed by atoms with Gasteiger partial charge in [-0.15, -0.1) is 0 Å². The van der Waals surface area contributed by atoms with E-state index in [-0.39, 0.29) is 5.82 Å². The molecule has 0 spiro atoms. The molecule has 0 bridgehead atoms. The number of hydrogen-bond acceptors (Lipinski definition) is 2. The molecule has 1 N–H and O–H groups in total. The van der Waals surface area contributed by atoms with Crippen molar-refractivity contribution >= 4 is 0 Å². The number of halogens is 1. The van der Waals surface area contributed by atoms with E-state index >= 15 is 0 Å². The topological polar surface area (TPSA) is 23.5 Å². The molecule has 1 aliphatic heterocycles. The number of likely N-dealkylation sites (tertiary alicyclic amines) is 1. The maximum Gasteiger partial charge on any atom is 0.123 e. The van der Waals surface area contributed by atoms with Crippen molar-refractivity contribution in [3.05, 3.63) is 35.6 Å². The zero-order chi connectivity index (χ0) is 13.9. The Morgan fingerprint density at radius 3 is 2.53 bits per heavy atom. The van der Waals surface area contributed by atoms with E-state index in [1.807, 2.05) is 0 Å². The zero-order valence-corrected chi connectivity index (χ0v) is 11.9. The van der Waals surface area contributed by atoms with Crippen LogP contribution in [-0.4, -0.2) is 29.6 Å². The van der Waals surface area contributed by atoms with E-state index in [4.69, 9.17) is 0 Å². The van der Waals surface area contributed by atoms with Crippen molar-refractivity contribution in [2.45, 2.75) is 38.7 Å². The molecular weight excluding hydrogens is 241 g/mol. The van der Waals surface area contributed by atoms with Gasteiger partial charge in [0.05, 0.1) is 5.60 Å². The first kappa shape index (κ1) is 14.5. The predicted molar refractivity (Wildman–Crippen MR) is 75.4 cm³/mol. The Labute approximate surface area is 115 Å². The van der Waals surface area contributed by atoms with Gasteiger partial charge in [-0.25, -0.2) is 4.39 Å². The zero-order valence-electron chi connectivity index (χ0n) is 11.9. The van der Waals surface area contributed by atoms with Gasteiger partial charge in [0.2, 0.25) is 0 Å². The number of hydrogen-bond donors (Lipinski definition) is 1. The summed E-state index contributed by atoms with van der Waals surface area (Å²) in [4.78, 5) is 2.42. The Hall–Kier alpha value is -0.930. The largest absolute Gasteiger partial charge is 0.385 e. The standard InChI is InChI=1S/C16H24FNO/c1-13(2)12-18-10-3-8-16(19,9-11-18)14-4-6-15(17)7-5-14/h4-7,13,19H,3,8-12H2,1-2H3. The van der Waals surface area contributed by atoms with Crippen LogP contribution in [0.1, 0.15) is 38.7 Å². The fourth-order valence-electron chi connectivity index (χ4n) is 2.92. The highest BCUT2D eigenvalue weighted by atomic mass is 19.1. The van der Waals surface area contributed by atoms with E-state index in [0.717, 1.165) is 44.5 Å². The highest BCUT2D eigenvalue weighted by molar-refractivity contribution is 5.23. The van der Waals surface area contributed by atoms with Crippen LogP contribution in [0.2, 0.25) is 0 Å². The molecule has 2 rings (SSSR count). The molecule has 0 aromatic heterocycles. The molecule has 0 saturated carbocycles. The van der Waals surface area contributed by atoms with Gasteiger partial charge >= 0.3 is 0 Å². The molecule has 1 fully saturated rings. The van der Waals surface area contributed by atoms with Crippen LogP contribution >= 0.6 is 0 Å². The number of aliphatic hydroxyl groups is 1. The van der Waals surface area contributed by atoms with E-state index in [2.05, 4.69) is 18.7 Å². The van der Waals surface area contributed by atoms with Crippen molar-refractivity contribution in [1.82, 2.24) is 4.90 Å². The second-order valence-electron chi connectivity index (χ2n) is 6.09. The average molecular weight is 265 g/mol. The van der Waals surface area contributed by atoms with Gasteiger partial charge in [0.1, 0.15) is 5.82 Å². The van der Waals surface area contributed by atoms with Gasteiger partial charge in [0.15, 0.2) is 0 Å². The molecule has 3 heteroatoms. The van der Waals surface area contributed by atoms with Crippen LogP contribution in [-0.2, 0) is 5.60 Å². The number of rotatable bonds is 3. The molecule has 1 atom stereocenters. The third kappa shape index (κ3) is 3.77. The van der Waals surface area contributed by atoms with Gasteiger partial charge in [-0.05, 0) is 49.4 Å². The van der Waals surface area contributed by atoms with Gasteiger partial charge in [-0.2, -0.15) is 0 Å². The van der Waals surface area contributed by atoms with E-state index in [1.54, 1.807) is 12.1 Å². The first-order valence-corrected chi connectivity index (χ1v) is 7.20. The normalized spacial score (nSPS) is 25.5. The first-order valence-electron chi connectivity index (χ1n) is 7.20. The molecule has 19 heavy (non-hydrogen) atoms. The van der Waals surface area contributed by atoms with Gasteiger partial charge < -0.3 is 10.0 Å². The Morgan fingerprint density at radius 1 is 1.21 bits per heavy atom. The van der Waals surface area contributed by atoms with Crippen molar-refractivity contribution in [2.24, 2.45) is 5.92 Å². The fraction of sp³-hybridized carbons (Fsp3) is 0.625. The maximum absolute atomic E-state index is 13.0. The van der Waals surface area contributed by atoms with Gasteiger partial charge in [0.25, 0.3) is 0 Å². The second-order valence-corrected chi connectivity index (χ2v) is 6.09. The quantitative estimate of drug-likeness (QED) is 0.907. The molecule has 2 nitrogen and oxygen atoms in total. The molecule has 106 valence electrons. The molecule has 1 heterocycles. The minimum Gasteiger partial charge on any atom is -0.385 e. The van der Waals surface area contributed by atoms with Crippen LogP contribution in [0.3, 0.4) is 0 Å². The monoisotopic (exact) mass is 265 g/mol. The second kappa shape index (κ2) is 6.02. The molecule has 1 aromatic carbocycles. The minimum atomic E-state index is -0.792. The highest BCUT2D eigenvalue weighted by Gasteiger charge is 2.31. The van der Waals surface area contributed by atoms with Crippen molar-refractivity contribution in [1.29, 1.82) is 0 Å². The van der Waals surface area contributed by atoms with E-state index in [9.17, 15) is 9.50 Å². The van der Waals surface area contributed by atoms with Crippen LogP contribution in [0.4, 0.5) is 4.39 Å². The SMILES string of the molecule is CC(C)CN1CCCC(O)(c2ccc(F)cc2)CC1. The fourth-order valence-corrected chi connectivity index (χ4v) is 2.92. The summed E-state index contributed by atoms with van der Waals surface area (Å²) in [5.74, 6) is 0.402. The van der Waals surface area contributed by atoms with Crippen molar-refractivity contribution in [3.63, 3.8) is 0 Å². The molecule has 0 aliphatic carbocycles. The third-order valence-electron chi connectivity index (χ3n) is 3.91. The van der Waals surface area contributed by atoms with Crippen molar-refractivity contribution < 1.29 is 9.50 Å². The van der Waals surface area contributed by atoms with Crippen molar-refractivity contribution in [2.75, 3.05) is 19.6 Å². The summed E-state index contributed by atoms with van der Waals surface area (Å²) in [6.07, 6.45) is 2.47. The Kier molecular flexibility index (Phi) is 4.58. The van der Waals surface area contributed by atoms with E-state index in [1.165, 1.54) is 12.1 Å². The predicted octanol–water partition coefficient (Wildman–Crippen LogP) is 3.16. The van der Waals surface area contributed by atoms with Gasteiger partial charge in [0, 0.05) is 13.1 Å². The first-order chi connectivity index (χ1) is 8.99. The summed E-state index contributed by atoms with van der Waals surface area (Å²) in [6.45, 7) is 7.47. The Morgan fingerprint density at radius 2 is 1.89 bits per heavy atom. The lowest BCUT2D eigenvalue weighted by Crippen LogP contribution is -2.31. The average Bonchev–Trinajstić information content (AvgIpc) is 2.53. The summed E-state index contributed by atoms with van der Waals surface area (Å²) in [5.41, 5.74) is 0.0553. The maximum atomic E-state index is 13.0. The lowest BCUT2D eigenvalue weighted by atomic mass is 9.87. The summed E-state index contributed by atoms with van der Waals surface area (Å²) in [7, 11) is 0. The Balaban J connectivity index is 2.06. The molecule has 1 unspecified atom stereocenters. The van der Waals surface area contributed by atoms with Crippen LogP contribution in [0.15, 0.2) is 24.3 Å². The van der Waals surface area contributed by atoms with Crippen molar-refractivity contribution in [3.8, 4) is 0 Å². The molecule has 1 aromatic rings. The number of nitrogens with zero attached hydrogens (tertiary/aromatic N) is 1. The third-order valence-corrected chi connectivity index (χ3v) is 3.91. The van der Waals surface area contributed by atoms with Gasteiger partial charge in [-0.3, -0.25) is 0 Å². The minimum absolute atomic E-state index is 0.248. The summed E-state index contributed by atoms with van der Waals surface area (Å²) in [6, 6.07) is 6.30. The lowest BCUT2D eigenvalue weighted by molar-refractivity contribution is 0.0209. The summed E-state index contributed by atoms with van der Waals surface area (Å²) in [5, 5.41) is 10.8. The smallest absolute Gasteiger partial charge is 0.123 e. The molecule has 0 radical (unpaired) electrons. The van der Waals surface area contributed by atoms with E-state index in [0.29, 0.717) is 5.92 Å². The highest BCUT2D eigenvalue weighted by Crippen LogP contribution is 2.33. The summed E-state index contributed by atoms with van der Waals surface area (Å²) >= 11 is 0. The Bertz CT molecular complexity index is 404. The molecule has 1 aliphatic rings. The van der Waals surface area contributed by atoms with Crippen LogP contribution < -0.4 is 0 Å². The molecule has 1 saturated heterocycles. The number of benzene rings is 1. The lowest BCUT2D eigenvalue weighted by Gasteiger charge is -2.28. The van der Waals surface area contributed by atoms with Crippen LogP contribution in [0.5, 0.6) is 0 Å². The van der Waals surface area contributed by atoms with Crippen LogP contribution in [0, 0.1) is 11.7 Å². The summed E-state index contributed by atoms with van der Waals surface area (Å²) < 4.78 is 13.0. The van der Waals surface area contributed by atoms with E-state index < -0.39 is 5.60 Å². The van der Waals surface area contributed by atoms with Crippen LogP contribution in [0.25, 0.3) is 0 Å².